The summed E-state index contributed by atoms with van der Waals surface area (Å²) in [5, 5.41) is 0.642. The summed E-state index contributed by atoms with van der Waals surface area (Å²) in [6.07, 6.45) is -1.29. The van der Waals surface area contributed by atoms with E-state index in [1.54, 1.807) is 6.07 Å². The van der Waals surface area contributed by atoms with Crippen LogP contribution in [0, 0.1) is 0 Å². The summed E-state index contributed by atoms with van der Waals surface area (Å²) in [4.78, 5) is 0. The third kappa shape index (κ3) is 6.63. The lowest BCUT2D eigenvalue weighted by Gasteiger charge is -2.16. The molecule has 0 heterocycles. The lowest BCUT2D eigenvalue weighted by atomic mass is 10.0. The third-order valence-corrected chi connectivity index (χ3v) is 3.42. The smallest absolute Gasteiger partial charge is 0.261 e. The van der Waals surface area contributed by atoms with Crippen molar-refractivity contribution in [3.05, 3.63) is 33.3 Å². The number of benzene rings is 1. The molecule has 108 valence electrons. The van der Waals surface area contributed by atoms with E-state index < -0.39 is 13.0 Å². The molecule has 0 fully saturated rings. The Hall–Kier alpha value is -0.270. The van der Waals surface area contributed by atoms with Crippen LogP contribution in [0.5, 0.6) is 0 Å². The molecule has 0 aromatic heterocycles. The molecule has 1 aromatic rings. The van der Waals surface area contributed by atoms with E-state index in [1.807, 2.05) is 12.1 Å². The van der Waals surface area contributed by atoms with Crippen molar-refractivity contribution in [2.24, 2.45) is 5.84 Å². The van der Waals surface area contributed by atoms with E-state index in [0.717, 1.165) is 10.0 Å². The van der Waals surface area contributed by atoms with E-state index in [0.29, 0.717) is 17.9 Å². The number of rotatable bonds is 8. The molecule has 0 saturated carbocycles. The average molecular weight is 358 g/mol. The van der Waals surface area contributed by atoms with Gasteiger partial charge in [-0.3, -0.25) is 11.3 Å². The normalized spacial score (nSPS) is 12.9. The fraction of sp³-hybridized carbons (Fsp3) is 0.500. The highest BCUT2D eigenvalue weighted by Crippen LogP contribution is 2.22. The van der Waals surface area contributed by atoms with Crippen molar-refractivity contribution in [1.29, 1.82) is 0 Å². The van der Waals surface area contributed by atoms with Crippen LogP contribution in [0.25, 0.3) is 0 Å². The van der Waals surface area contributed by atoms with Crippen molar-refractivity contribution in [1.82, 2.24) is 5.43 Å². The van der Waals surface area contributed by atoms with Crippen LogP contribution in [0.15, 0.2) is 22.7 Å². The average Bonchev–Trinajstić information content (AvgIpc) is 2.35. The fourth-order valence-electron chi connectivity index (χ4n) is 1.60. The standard InChI is InChI=1S/C12H16BrClF2N2O/c13-9-2-1-8(11(14)6-9)5-10(18-17)3-4-19-7-12(15)16/h1-2,6,10,12,18H,3-5,7,17H2. The number of halogens is 4. The first-order chi connectivity index (χ1) is 9.02. The van der Waals surface area contributed by atoms with Gasteiger partial charge in [0, 0.05) is 22.1 Å². The summed E-state index contributed by atoms with van der Waals surface area (Å²) in [5.41, 5.74) is 3.59. The second-order valence-electron chi connectivity index (χ2n) is 4.06. The van der Waals surface area contributed by atoms with E-state index >= 15 is 0 Å². The van der Waals surface area contributed by atoms with Crippen molar-refractivity contribution < 1.29 is 13.5 Å². The van der Waals surface area contributed by atoms with Crippen LogP contribution < -0.4 is 11.3 Å². The van der Waals surface area contributed by atoms with Crippen molar-refractivity contribution in [3.8, 4) is 0 Å². The molecule has 0 aliphatic carbocycles. The Morgan fingerprint density at radius 3 is 2.74 bits per heavy atom. The predicted molar refractivity (Wildman–Crippen MR) is 75.4 cm³/mol. The zero-order valence-corrected chi connectivity index (χ0v) is 12.6. The summed E-state index contributed by atoms with van der Waals surface area (Å²) < 4.78 is 29.5. The molecule has 0 radical (unpaired) electrons. The topological polar surface area (TPSA) is 47.3 Å². The van der Waals surface area contributed by atoms with Crippen LogP contribution in [-0.4, -0.2) is 25.7 Å². The third-order valence-electron chi connectivity index (χ3n) is 2.57. The Morgan fingerprint density at radius 2 is 2.16 bits per heavy atom. The number of hydrogen-bond acceptors (Lipinski definition) is 3. The number of ether oxygens (including phenoxy) is 1. The summed E-state index contributed by atoms with van der Waals surface area (Å²) in [7, 11) is 0. The number of nitrogens with one attached hydrogen (secondary N) is 1. The van der Waals surface area contributed by atoms with Crippen LogP contribution in [0.2, 0.25) is 5.02 Å². The van der Waals surface area contributed by atoms with Gasteiger partial charge in [0.2, 0.25) is 0 Å². The van der Waals surface area contributed by atoms with E-state index in [4.69, 9.17) is 22.2 Å². The minimum Gasteiger partial charge on any atom is -0.375 e. The molecule has 0 saturated heterocycles. The summed E-state index contributed by atoms with van der Waals surface area (Å²) in [6.45, 7) is -0.316. The zero-order chi connectivity index (χ0) is 14.3. The molecule has 1 unspecified atom stereocenters. The van der Waals surface area contributed by atoms with E-state index in [9.17, 15) is 8.78 Å². The molecule has 3 N–H and O–H groups in total. The molecule has 19 heavy (non-hydrogen) atoms. The Kier molecular flexibility index (Phi) is 7.78. The van der Waals surface area contributed by atoms with Gasteiger partial charge in [-0.25, -0.2) is 8.78 Å². The summed E-state index contributed by atoms with van der Waals surface area (Å²) in [6, 6.07) is 5.52. The lowest BCUT2D eigenvalue weighted by molar-refractivity contribution is 0.0144. The van der Waals surface area contributed by atoms with Gasteiger partial charge in [0.1, 0.15) is 6.61 Å². The predicted octanol–water partition coefficient (Wildman–Crippen LogP) is 3.15. The molecule has 0 amide bonds. The quantitative estimate of drug-likeness (QED) is 0.427. The van der Waals surface area contributed by atoms with Crippen LogP contribution >= 0.6 is 27.5 Å². The Bertz CT molecular complexity index is 396. The van der Waals surface area contributed by atoms with Crippen LogP contribution in [0.3, 0.4) is 0 Å². The lowest BCUT2D eigenvalue weighted by Crippen LogP contribution is -2.37. The van der Waals surface area contributed by atoms with E-state index in [2.05, 4.69) is 21.4 Å². The second kappa shape index (κ2) is 8.81. The largest absolute Gasteiger partial charge is 0.375 e. The van der Waals surface area contributed by atoms with Gasteiger partial charge >= 0.3 is 0 Å². The Balaban J connectivity index is 2.43. The van der Waals surface area contributed by atoms with Gasteiger partial charge in [-0.05, 0) is 30.5 Å². The molecule has 1 atom stereocenters. The Labute approximate surface area is 124 Å². The maximum absolute atomic E-state index is 11.9. The number of alkyl halides is 2. The molecule has 1 aromatic carbocycles. The monoisotopic (exact) mass is 356 g/mol. The van der Waals surface area contributed by atoms with Crippen molar-refractivity contribution in [3.63, 3.8) is 0 Å². The zero-order valence-electron chi connectivity index (χ0n) is 10.2. The highest BCUT2D eigenvalue weighted by atomic mass is 79.9. The first kappa shape index (κ1) is 16.8. The molecule has 1 rings (SSSR count). The maximum atomic E-state index is 11.9. The molecule has 0 spiro atoms. The SMILES string of the molecule is NNC(CCOCC(F)F)Cc1ccc(Br)cc1Cl. The van der Waals surface area contributed by atoms with Crippen molar-refractivity contribution in [2.75, 3.05) is 13.2 Å². The van der Waals surface area contributed by atoms with Gasteiger partial charge in [0.05, 0.1) is 0 Å². The van der Waals surface area contributed by atoms with Crippen LogP contribution in [-0.2, 0) is 11.2 Å². The number of nitrogens with two attached hydrogens (primary N) is 1. The highest BCUT2D eigenvalue weighted by molar-refractivity contribution is 9.10. The molecular weight excluding hydrogens is 341 g/mol. The molecular formula is C12H16BrClF2N2O. The molecule has 0 bridgehead atoms. The molecule has 3 nitrogen and oxygen atoms in total. The number of hydrazine groups is 1. The minimum atomic E-state index is -2.44. The summed E-state index contributed by atoms with van der Waals surface area (Å²) in [5.74, 6) is 5.44. The number of hydrogen-bond donors (Lipinski definition) is 2. The van der Waals surface area contributed by atoms with Gasteiger partial charge < -0.3 is 4.74 Å². The van der Waals surface area contributed by atoms with Gasteiger partial charge in [-0.15, -0.1) is 0 Å². The van der Waals surface area contributed by atoms with Crippen molar-refractivity contribution in [2.45, 2.75) is 25.3 Å². The highest BCUT2D eigenvalue weighted by Gasteiger charge is 2.11. The van der Waals surface area contributed by atoms with Crippen molar-refractivity contribution >= 4 is 27.5 Å². The van der Waals surface area contributed by atoms with E-state index in [-0.39, 0.29) is 12.6 Å². The first-order valence-corrected chi connectivity index (χ1v) is 6.96. The van der Waals surface area contributed by atoms with Crippen LogP contribution in [0.1, 0.15) is 12.0 Å². The van der Waals surface area contributed by atoms with Gasteiger partial charge in [-0.2, -0.15) is 0 Å². The maximum Gasteiger partial charge on any atom is 0.261 e. The van der Waals surface area contributed by atoms with Crippen LogP contribution in [0.4, 0.5) is 8.78 Å². The Morgan fingerprint density at radius 1 is 1.42 bits per heavy atom. The first-order valence-electron chi connectivity index (χ1n) is 5.79. The molecule has 0 aliphatic heterocycles. The molecule has 0 aliphatic rings. The van der Waals surface area contributed by atoms with E-state index in [1.165, 1.54) is 0 Å². The second-order valence-corrected chi connectivity index (χ2v) is 5.38. The fourth-order valence-corrected chi connectivity index (χ4v) is 2.35. The van der Waals surface area contributed by atoms with Gasteiger partial charge in [0.25, 0.3) is 6.43 Å². The van der Waals surface area contributed by atoms with Gasteiger partial charge in [0.15, 0.2) is 0 Å². The molecule has 7 heteroatoms. The summed E-state index contributed by atoms with van der Waals surface area (Å²) >= 11 is 9.43. The minimum absolute atomic E-state index is 0.0728. The van der Waals surface area contributed by atoms with Gasteiger partial charge in [-0.1, -0.05) is 33.6 Å².